The van der Waals surface area contributed by atoms with Crippen LogP contribution in [-0.4, -0.2) is 35.2 Å². The molecule has 0 heterocycles. The van der Waals surface area contributed by atoms with Crippen LogP contribution in [0.4, 0.5) is 0 Å². The summed E-state index contributed by atoms with van der Waals surface area (Å²) < 4.78 is 14.8. The van der Waals surface area contributed by atoms with Gasteiger partial charge in [-0.3, -0.25) is 14.4 Å². The van der Waals surface area contributed by atoms with E-state index in [9.17, 15) is 14.4 Å². The summed E-state index contributed by atoms with van der Waals surface area (Å²) in [6.07, 6.45) is -0.456. The van der Waals surface area contributed by atoms with Crippen LogP contribution in [-0.2, 0) is 28.6 Å². The van der Waals surface area contributed by atoms with Gasteiger partial charge in [-0.1, -0.05) is 11.6 Å². The van der Waals surface area contributed by atoms with Crippen LogP contribution in [0.5, 0.6) is 0 Å². The number of ether oxygens (including phenoxy) is 3. The van der Waals surface area contributed by atoms with Gasteiger partial charge < -0.3 is 14.2 Å². The van der Waals surface area contributed by atoms with Gasteiger partial charge in [0.15, 0.2) is 12.0 Å². The lowest BCUT2D eigenvalue weighted by molar-refractivity contribution is -0.174. The van der Waals surface area contributed by atoms with Crippen molar-refractivity contribution in [1.82, 2.24) is 0 Å². The average molecular weight is 323 g/mol. The van der Waals surface area contributed by atoms with E-state index in [0.717, 1.165) is 0 Å². The molecule has 0 radical (unpaired) electrons. The summed E-state index contributed by atoms with van der Waals surface area (Å²) in [5.41, 5.74) is -1.50. The minimum absolute atomic E-state index is 0.410. The SMILES string of the molecule is CC(C)(C)OC(=O)CC(C(=O)OCCl)C(=O)OC(C)(C)C. The Kier molecular flexibility index (Phi) is 7.16. The Balaban J connectivity index is 4.95. The van der Waals surface area contributed by atoms with E-state index in [1.165, 1.54) is 0 Å². The molecule has 21 heavy (non-hydrogen) atoms. The second kappa shape index (κ2) is 7.64. The van der Waals surface area contributed by atoms with Crippen LogP contribution in [0.2, 0.25) is 0 Å². The van der Waals surface area contributed by atoms with E-state index in [-0.39, 0.29) is 0 Å². The van der Waals surface area contributed by atoms with Crippen molar-refractivity contribution < 1.29 is 28.6 Å². The Labute approximate surface area is 130 Å². The van der Waals surface area contributed by atoms with Crippen LogP contribution < -0.4 is 0 Å². The lowest BCUT2D eigenvalue weighted by Crippen LogP contribution is -2.36. The van der Waals surface area contributed by atoms with Crippen molar-refractivity contribution in [3.63, 3.8) is 0 Å². The number of hydrogen-bond donors (Lipinski definition) is 0. The number of alkyl halides is 1. The fourth-order valence-corrected chi connectivity index (χ4v) is 1.45. The second-order valence-electron chi connectivity index (χ2n) is 6.45. The zero-order valence-electron chi connectivity index (χ0n) is 13.3. The predicted octanol–water partition coefficient (Wildman–Crippen LogP) is 2.42. The van der Waals surface area contributed by atoms with Crippen molar-refractivity contribution in [3.8, 4) is 0 Å². The number of hydrogen-bond acceptors (Lipinski definition) is 6. The minimum atomic E-state index is -1.39. The molecule has 0 amide bonds. The Morgan fingerprint density at radius 2 is 1.38 bits per heavy atom. The number of esters is 3. The van der Waals surface area contributed by atoms with Crippen LogP contribution in [0.1, 0.15) is 48.0 Å². The molecule has 0 aliphatic carbocycles. The van der Waals surface area contributed by atoms with E-state index >= 15 is 0 Å². The van der Waals surface area contributed by atoms with Crippen LogP contribution in [0.25, 0.3) is 0 Å². The van der Waals surface area contributed by atoms with Crippen molar-refractivity contribution in [2.75, 3.05) is 6.07 Å². The summed E-state index contributed by atoms with van der Waals surface area (Å²) >= 11 is 5.31. The van der Waals surface area contributed by atoms with Crippen LogP contribution in [0.3, 0.4) is 0 Å². The van der Waals surface area contributed by atoms with Crippen molar-refractivity contribution >= 4 is 29.5 Å². The molecule has 0 aromatic rings. The van der Waals surface area contributed by atoms with Gasteiger partial charge in [0.1, 0.15) is 11.2 Å². The van der Waals surface area contributed by atoms with Gasteiger partial charge in [-0.2, -0.15) is 0 Å². The summed E-state index contributed by atoms with van der Waals surface area (Å²) in [7, 11) is 0. The Morgan fingerprint density at radius 3 is 1.76 bits per heavy atom. The Hall–Kier alpha value is -1.30. The maximum Gasteiger partial charge on any atom is 0.322 e. The summed E-state index contributed by atoms with van der Waals surface area (Å²) in [5, 5.41) is 0. The fraction of sp³-hybridized carbons (Fsp3) is 0.786. The van der Waals surface area contributed by atoms with E-state index in [0.29, 0.717) is 0 Å². The highest BCUT2D eigenvalue weighted by Gasteiger charge is 2.36. The third-order valence-electron chi connectivity index (χ3n) is 1.96. The zero-order valence-corrected chi connectivity index (χ0v) is 14.1. The van der Waals surface area contributed by atoms with E-state index < -0.39 is 47.5 Å². The molecule has 0 N–H and O–H groups in total. The normalized spacial score (nSPS) is 13.3. The molecule has 6 nitrogen and oxygen atoms in total. The molecule has 0 aliphatic rings. The van der Waals surface area contributed by atoms with Gasteiger partial charge >= 0.3 is 17.9 Å². The third kappa shape index (κ3) is 9.28. The van der Waals surface area contributed by atoms with Crippen molar-refractivity contribution in [2.24, 2.45) is 5.92 Å². The van der Waals surface area contributed by atoms with Gasteiger partial charge in [0.05, 0.1) is 6.42 Å². The minimum Gasteiger partial charge on any atom is -0.460 e. The topological polar surface area (TPSA) is 78.9 Å². The molecule has 0 bridgehead atoms. The van der Waals surface area contributed by atoms with Gasteiger partial charge in [0, 0.05) is 0 Å². The lowest BCUT2D eigenvalue weighted by atomic mass is 10.1. The number of rotatable bonds is 5. The van der Waals surface area contributed by atoms with Crippen LogP contribution in [0, 0.1) is 5.92 Å². The molecule has 1 atom stereocenters. The molecule has 1 unspecified atom stereocenters. The number of carbonyl (C=O) groups excluding carboxylic acids is 3. The van der Waals surface area contributed by atoms with Gasteiger partial charge in [0.2, 0.25) is 0 Å². The van der Waals surface area contributed by atoms with E-state index in [1.807, 2.05) is 0 Å². The molecule has 0 saturated carbocycles. The van der Waals surface area contributed by atoms with Gasteiger partial charge in [-0.25, -0.2) is 0 Å². The summed E-state index contributed by atoms with van der Waals surface area (Å²) in [4.78, 5) is 35.5. The molecule has 7 heteroatoms. The van der Waals surface area contributed by atoms with E-state index in [2.05, 4.69) is 4.74 Å². The quantitative estimate of drug-likeness (QED) is 0.335. The molecule has 0 fully saturated rings. The molecular formula is C14H23ClO6. The maximum absolute atomic E-state index is 12.0. The molecule has 0 spiro atoms. The van der Waals surface area contributed by atoms with E-state index in [4.69, 9.17) is 21.1 Å². The Bertz CT molecular complexity index is 391. The van der Waals surface area contributed by atoms with Crippen molar-refractivity contribution in [1.29, 1.82) is 0 Å². The molecular weight excluding hydrogens is 300 g/mol. The highest BCUT2D eigenvalue weighted by Crippen LogP contribution is 2.18. The van der Waals surface area contributed by atoms with Crippen LogP contribution >= 0.6 is 11.6 Å². The molecule has 0 aromatic carbocycles. The van der Waals surface area contributed by atoms with Gasteiger partial charge in [-0.05, 0) is 41.5 Å². The summed E-state index contributed by atoms with van der Waals surface area (Å²) in [6, 6.07) is -0.410. The van der Waals surface area contributed by atoms with Gasteiger partial charge in [0.25, 0.3) is 0 Å². The first kappa shape index (κ1) is 19.7. The molecule has 0 rings (SSSR count). The highest BCUT2D eigenvalue weighted by molar-refractivity contribution is 6.17. The van der Waals surface area contributed by atoms with Crippen molar-refractivity contribution in [2.45, 2.75) is 59.2 Å². The molecule has 0 aliphatic heterocycles. The first-order chi connectivity index (χ1) is 9.35. The van der Waals surface area contributed by atoms with Crippen molar-refractivity contribution in [3.05, 3.63) is 0 Å². The standard InChI is InChI=1S/C14H23ClO6/c1-13(2,3)20-10(16)7-9(11(17)19-8-15)12(18)21-14(4,5)6/h9H,7-8H2,1-6H3. The van der Waals surface area contributed by atoms with E-state index in [1.54, 1.807) is 41.5 Å². The highest BCUT2D eigenvalue weighted by atomic mass is 35.5. The lowest BCUT2D eigenvalue weighted by Gasteiger charge is -2.24. The largest absolute Gasteiger partial charge is 0.460 e. The zero-order chi connectivity index (χ0) is 16.8. The maximum atomic E-state index is 12.0. The predicted molar refractivity (Wildman–Crippen MR) is 76.6 cm³/mol. The smallest absolute Gasteiger partial charge is 0.322 e. The molecule has 0 saturated heterocycles. The fourth-order valence-electron chi connectivity index (χ4n) is 1.34. The number of carbonyl (C=O) groups is 3. The first-order valence-corrected chi connectivity index (χ1v) is 7.06. The average Bonchev–Trinajstić information content (AvgIpc) is 2.20. The molecule has 122 valence electrons. The Morgan fingerprint density at radius 1 is 0.905 bits per heavy atom. The monoisotopic (exact) mass is 322 g/mol. The second-order valence-corrected chi connectivity index (χ2v) is 6.67. The summed E-state index contributed by atoms with van der Waals surface area (Å²) in [6.45, 7) is 10.0. The molecule has 0 aromatic heterocycles. The summed E-state index contributed by atoms with van der Waals surface area (Å²) in [5.74, 6) is -3.84. The van der Waals surface area contributed by atoms with Crippen LogP contribution in [0.15, 0.2) is 0 Å². The third-order valence-corrected chi connectivity index (χ3v) is 2.07. The number of halogens is 1. The first-order valence-electron chi connectivity index (χ1n) is 6.53. The van der Waals surface area contributed by atoms with Gasteiger partial charge in [-0.15, -0.1) is 0 Å².